The van der Waals surface area contributed by atoms with Crippen molar-refractivity contribution in [1.82, 2.24) is 9.88 Å². The summed E-state index contributed by atoms with van der Waals surface area (Å²) in [6.45, 7) is 4.12. The van der Waals surface area contributed by atoms with Crippen molar-refractivity contribution in [2.45, 2.75) is 70.4 Å². The number of Topliss-reactive ketones (excluding diaryl/α,β-unsaturated/α-hetero) is 1. The van der Waals surface area contributed by atoms with E-state index in [1.165, 1.54) is 10.8 Å². The SMILES string of the molecule is CCC(N)C(=O)CCC[C@H](C(=O)N1CCC[C@H]1c1nc(-c2cccc3ccccc23)cs1)C1CCOCC1. The molecule has 0 aliphatic carbocycles. The van der Waals surface area contributed by atoms with Crippen molar-refractivity contribution in [3.05, 3.63) is 52.9 Å². The first kappa shape index (κ1) is 27.0. The Morgan fingerprint density at radius 2 is 1.92 bits per heavy atom. The summed E-state index contributed by atoms with van der Waals surface area (Å²) in [4.78, 5) is 33.6. The van der Waals surface area contributed by atoms with Gasteiger partial charge in [-0.15, -0.1) is 11.3 Å². The zero-order chi connectivity index (χ0) is 26.5. The summed E-state index contributed by atoms with van der Waals surface area (Å²) in [6, 6.07) is 14.4. The van der Waals surface area contributed by atoms with Crippen LogP contribution in [0.5, 0.6) is 0 Å². The summed E-state index contributed by atoms with van der Waals surface area (Å²) < 4.78 is 5.61. The molecule has 3 atom stereocenters. The molecule has 3 aromatic rings. The van der Waals surface area contributed by atoms with Crippen molar-refractivity contribution in [2.75, 3.05) is 19.8 Å². The number of carbonyl (C=O) groups excluding carboxylic acids is 2. The Morgan fingerprint density at radius 1 is 1.13 bits per heavy atom. The van der Waals surface area contributed by atoms with E-state index < -0.39 is 6.04 Å². The molecule has 1 amide bonds. The highest BCUT2D eigenvalue weighted by molar-refractivity contribution is 7.10. The first-order valence-electron chi connectivity index (χ1n) is 14.2. The highest BCUT2D eigenvalue weighted by Gasteiger charge is 2.39. The molecule has 38 heavy (non-hydrogen) atoms. The first-order chi connectivity index (χ1) is 18.6. The van der Waals surface area contributed by atoms with Crippen LogP contribution >= 0.6 is 11.3 Å². The number of hydrogen-bond donors (Lipinski definition) is 1. The van der Waals surface area contributed by atoms with Gasteiger partial charge >= 0.3 is 0 Å². The minimum atomic E-state index is -0.393. The van der Waals surface area contributed by atoms with Gasteiger partial charge in [-0.3, -0.25) is 9.59 Å². The van der Waals surface area contributed by atoms with Gasteiger partial charge in [0, 0.05) is 43.0 Å². The van der Waals surface area contributed by atoms with Gasteiger partial charge in [-0.2, -0.15) is 0 Å². The van der Waals surface area contributed by atoms with Gasteiger partial charge in [0.2, 0.25) is 5.91 Å². The van der Waals surface area contributed by atoms with E-state index in [2.05, 4.69) is 52.7 Å². The van der Waals surface area contributed by atoms with Gasteiger partial charge in [-0.05, 0) is 61.6 Å². The van der Waals surface area contributed by atoms with Gasteiger partial charge in [0.15, 0.2) is 0 Å². The molecule has 2 saturated heterocycles. The van der Waals surface area contributed by atoms with Gasteiger partial charge in [0.25, 0.3) is 0 Å². The maximum absolute atomic E-state index is 14.1. The van der Waals surface area contributed by atoms with Crippen LogP contribution in [0.4, 0.5) is 0 Å². The van der Waals surface area contributed by atoms with Crippen molar-refractivity contribution < 1.29 is 14.3 Å². The van der Waals surface area contributed by atoms with Crippen molar-refractivity contribution in [3.63, 3.8) is 0 Å². The zero-order valence-electron chi connectivity index (χ0n) is 22.3. The van der Waals surface area contributed by atoms with Crippen molar-refractivity contribution in [3.8, 4) is 11.3 Å². The highest BCUT2D eigenvalue weighted by atomic mass is 32.1. The van der Waals surface area contributed by atoms with Crippen LogP contribution in [-0.2, 0) is 14.3 Å². The summed E-state index contributed by atoms with van der Waals surface area (Å²) in [7, 11) is 0. The summed E-state index contributed by atoms with van der Waals surface area (Å²) in [6.07, 6.45) is 6.29. The van der Waals surface area contributed by atoms with Crippen LogP contribution in [0.2, 0.25) is 0 Å². The van der Waals surface area contributed by atoms with Crippen LogP contribution in [0.15, 0.2) is 47.8 Å². The Morgan fingerprint density at radius 3 is 2.74 bits per heavy atom. The number of aromatic nitrogens is 1. The zero-order valence-corrected chi connectivity index (χ0v) is 23.1. The van der Waals surface area contributed by atoms with E-state index in [4.69, 9.17) is 15.5 Å². The summed E-state index contributed by atoms with van der Waals surface area (Å²) in [5.41, 5.74) is 8.06. The molecule has 1 unspecified atom stereocenters. The van der Waals surface area contributed by atoms with Gasteiger partial charge < -0.3 is 15.4 Å². The number of nitrogens with two attached hydrogens (primary N) is 1. The molecule has 2 aliphatic heterocycles. The molecule has 2 aromatic carbocycles. The Balaban J connectivity index is 1.34. The Labute approximate surface area is 229 Å². The van der Waals surface area contributed by atoms with E-state index >= 15 is 0 Å². The number of rotatable bonds is 10. The lowest BCUT2D eigenvalue weighted by Crippen LogP contribution is -2.40. The predicted octanol–water partition coefficient (Wildman–Crippen LogP) is 6.15. The normalized spacial score (nSPS) is 20.1. The van der Waals surface area contributed by atoms with Crippen LogP contribution in [0.1, 0.15) is 69.3 Å². The summed E-state index contributed by atoms with van der Waals surface area (Å²) in [5.74, 6) is 0.555. The van der Waals surface area contributed by atoms with Crippen molar-refractivity contribution in [1.29, 1.82) is 0 Å². The molecule has 6 nitrogen and oxygen atoms in total. The number of ketones is 1. The fourth-order valence-corrected chi connectivity index (χ4v) is 7.07. The third-order valence-corrected chi connectivity index (χ3v) is 9.30. The van der Waals surface area contributed by atoms with Gasteiger partial charge in [-0.1, -0.05) is 49.4 Å². The minimum absolute atomic E-state index is 0.0220. The molecule has 2 N–H and O–H groups in total. The van der Waals surface area contributed by atoms with Gasteiger partial charge in [0.05, 0.1) is 17.8 Å². The average Bonchev–Trinajstić information content (AvgIpc) is 3.65. The number of amides is 1. The summed E-state index contributed by atoms with van der Waals surface area (Å²) >= 11 is 1.66. The molecule has 0 spiro atoms. The molecule has 0 bridgehead atoms. The Hall–Kier alpha value is -2.61. The number of carbonyl (C=O) groups is 2. The molecule has 2 aliphatic rings. The second-order valence-corrected chi connectivity index (χ2v) is 11.6. The quantitative estimate of drug-likeness (QED) is 0.338. The number of ether oxygens (including phenoxy) is 1. The Bertz CT molecular complexity index is 1250. The fraction of sp³-hybridized carbons (Fsp3) is 0.516. The monoisotopic (exact) mass is 533 g/mol. The van der Waals surface area contributed by atoms with Crippen LogP contribution in [0, 0.1) is 11.8 Å². The molecule has 2 fully saturated rings. The first-order valence-corrected chi connectivity index (χ1v) is 15.0. The minimum Gasteiger partial charge on any atom is -0.381 e. The molecule has 7 heteroatoms. The van der Waals surface area contributed by atoms with Gasteiger partial charge in [-0.25, -0.2) is 4.98 Å². The van der Waals surface area contributed by atoms with E-state index in [1.54, 1.807) is 11.3 Å². The highest BCUT2D eigenvalue weighted by Crippen LogP contribution is 2.40. The van der Waals surface area contributed by atoms with Crippen molar-refractivity contribution >= 4 is 33.8 Å². The van der Waals surface area contributed by atoms with E-state index in [-0.39, 0.29) is 23.7 Å². The predicted molar refractivity (Wildman–Crippen MR) is 153 cm³/mol. The van der Waals surface area contributed by atoms with Gasteiger partial charge in [0.1, 0.15) is 10.8 Å². The lowest BCUT2D eigenvalue weighted by atomic mass is 9.81. The van der Waals surface area contributed by atoms with Crippen LogP contribution < -0.4 is 5.73 Å². The van der Waals surface area contributed by atoms with E-state index in [1.807, 2.05) is 6.92 Å². The number of hydrogen-bond acceptors (Lipinski definition) is 6. The molecule has 5 rings (SSSR count). The topological polar surface area (TPSA) is 85.5 Å². The number of benzene rings is 2. The fourth-order valence-electron chi connectivity index (χ4n) is 6.10. The summed E-state index contributed by atoms with van der Waals surface area (Å²) in [5, 5.41) is 5.56. The third-order valence-electron chi connectivity index (χ3n) is 8.35. The molecular formula is C31H39N3O3S. The number of nitrogens with zero attached hydrogens (tertiary/aromatic N) is 2. The lowest BCUT2D eigenvalue weighted by molar-refractivity contribution is -0.140. The second-order valence-electron chi connectivity index (χ2n) is 10.7. The van der Waals surface area contributed by atoms with Crippen LogP contribution in [-0.4, -0.2) is 47.4 Å². The number of likely N-dealkylation sites (tertiary alicyclic amines) is 1. The molecule has 202 valence electrons. The molecule has 0 radical (unpaired) electrons. The second kappa shape index (κ2) is 12.5. The lowest BCUT2D eigenvalue weighted by Gasteiger charge is -2.34. The third kappa shape index (κ3) is 5.85. The standard InChI is InChI=1S/C31H39N3O3S/c1-2-26(32)29(35)14-6-11-24(22-15-18-37-19-16-22)31(36)34-17-7-13-28(34)30-33-27(20-38-30)25-12-5-9-21-8-3-4-10-23(21)25/h3-5,8-10,12,20,22,24,26,28H,2,6-7,11,13-19,32H2,1H3/t24-,26?,28-/m0/s1. The van der Waals surface area contributed by atoms with Crippen molar-refractivity contribution in [2.24, 2.45) is 17.6 Å². The Kier molecular flexibility index (Phi) is 8.87. The maximum atomic E-state index is 14.1. The van der Waals surface area contributed by atoms with E-state index in [0.717, 1.165) is 54.9 Å². The largest absolute Gasteiger partial charge is 0.381 e. The number of fused-ring (bicyclic) bond motifs is 1. The smallest absolute Gasteiger partial charge is 0.226 e. The number of thiazole rings is 1. The maximum Gasteiger partial charge on any atom is 0.226 e. The van der Waals surface area contributed by atoms with E-state index in [0.29, 0.717) is 38.4 Å². The van der Waals surface area contributed by atoms with Crippen LogP contribution in [0.3, 0.4) is 0 Å². The molecular weight excluding hydrogens is 494 g/mol. The molecule has 3 heterocycles. The molecule has 1 aromatic heterocycles. The van der Waals surface area contributed by atoms with Crippen LogP contribution in [0.25, 0.3) is 22.0 Å². The van der Waals surface area contributed by atoms with E-state index in [9.17, 15) is 9.59 Å². The average molecular weight is 534 g/mol. The molecule has 0 saturated carbocycles.